The van der Waals surface area contributed by atoms with Crippen LogP contribution < -0.4 is 5.32 Å². The predicted octanol–water partition coefficient (Wildman–Crippen LogP) is 4.05. The quantitative estimate of drug-likeness (QED) is 0.899. The number of anilines is 1. The van der Waals surface area contributed by atoms with Crippen molar-refractivity contribution in [2.45, 2.75) is 39.3 Å². The standard InChI is InChI=1S/C18H23FN4O/c1-13(2)7-10-22-11-9-17(21-22)20-18(24)23-12-8-16(23)14-3-5-15(19)6-4-14/h3-6,9,11,13,16H,7-8,10,12H2,1-2H3,(H,20,21,24). The fraction of sp³-hybridized carbons (Fsp3) is 0.444. The van der Waals surface area contributed by atoms with Crippen LogP contribution in [0.3, 0.4) is 0 Å². The van der Waals surface area contributed by atoms with Gasteiger partial charge in [0.15, 0.2) is 5.82 Å². The molecular weight excluding hydrogens is 307 g/mol. The molecule has 1 fully saturated rings. The van der Waals surface area contributed by atoms with E-state index in [1.165, 1.54) is 12.1 Å². The summed E-state index contributed by atoms with van der Waals surface area (Å²) in [5, 5.41) is 7.22. The maximum Gasteiger partial charge on any atom is 0.323 e. The Morgan fingerprint density at radius 1 is 1.33 bits per heavy atom. The van der Waals surface area contributed by atoms with Gasteiger partial charge >= 0.3 is 6.03 Å². The molecular formula is C18H23FN4O. The van der Waals surface area contributed by atoms with Crippen molar-refractivity contribution in [2.24, 2.45) is 5.92 Å². The average molecular weight is 330 g/mol. The molecule has 1 unspecified atom stereocenters. The van der Waals surface area contributed by atoms with Crippen LogP contribution in [0.1, 0.15) is 38.3 Å². The van der Waals surface area contributed by atoms with Crippen LogP contribution >= 0.6 is 0 Å². The highest BCUT2D eigenvalue weighted by atomic mass is 19.1. The molecule has 6 heteroatoms. The van der Waals surface area contributed by atoms with Gasteiger partial charge in [-0.2, -0.15) is 5.10 Å². The van der Waals surface area contributed by atoms with E-state index >= 15 is 0 Å². The Balaban J connectivity index is 1.58. The van der Waals surface area contributed by atoms with Gasteiger partial charge in [0.1, 0.15) is 5.82 Å². The highest BCUT2D eigenvalue weighted by Crippen LogP contribution is 2.33. The van der Waals surface area contributed by atoms with Gasteiger partial charge in [-0.25, -0.2) is 9.18 Å². The molecule has 128 valence electrons. The van der Waals surface area contributed by atoms with Crippen molar-refractivity contribution in [1.29, 1.82) is 0 Å². The largest absolute Gasteiger partial charge is 0.323 e. The number of rotatable bonds is 5. The zero-order valence-electron chi connectivity index (χ0n) is 14.1. The van der Waals surface area contributed by atoms with E-state index in [1.807, 2.05) is 16.9 Å². The molecule has 1 aliphatic heterocycles. The summed E-state index contributed by atoms with van der Waals surface area (Å²) in [7, 11) is 0. The Hall–Kier alpha value is -2.37. The van der Waals surface area contributed by atoms with Gasteiger partial charge in [0.05, 0.1) is 6.04 Å². The number of urea groups is 1. The fourth-order valence-electron chi connectivity index (χ4n) is 2.79. The minimum atomic E-state index is -0.263. The van der Waals surface area contributed by atoms with E-state index in [0.717, 1.165) is 24.9 Å². The number of nitrogens with one attached hydrogen (secondary N) is 1. The minimum absolute atomic E-state index is 0.00799. The maximum absolute atomic E-state index is 13.0. The maximum atomic E-state index is 13.0. The predicted molar refractivity (Wildman–Crippen MR) is 91.2 cm³/mol. The van der Waals surface area contributed by atoms with Gasteiger partial charge in [-0.1, -0.05) is 26.0 Å². The molecule has 0 radical (unpaired) electrons. The van der Waals surface area contributed by atoms with Gasteiger partial charge in [-0.3, -0.25) is 10.00 Å². The molecule has 3 rings (SSSR count). The number of benzene rings is 1. The van der Waals surface area contributed by atoms with Crippen LogP contribution in [0.25, 0.3) is 0 Å². The SMILES string of the molecule is CC(C)CCn1ccc(NC(=O)N2CCC2c2ccc(F)cc2)n1. The topological polar surface area (TPSA) is 50.2 Å². The van der Waals surface area contributed by atoms with Crippen LogP contribution in [-0.2, 0) is 6.54 Å². The lowest BCUT2D eigenvalue weighted by molar-refractivity contribution is 0.126. The second-order valence-corrected chi connectivity index (χ2v) is 6.63. The van der Waals surface area contributed by atoms with Crippen molar-refractivity contribution < 1.29 is 9.18 Å². The van der Waals surface area contributed by atoms with Crippen molar-refractivity contribution >= 4 is 11.8 Å². The summed E-state index contributed by atoms with van der Waals surface area (Å²) in [6.45, 7) is 5.88. The Kier molecular flexibility index (Phi) is 4.83. The number of halogens is 1. The molecule has 1 aromatic heterocycles. The molecule has 1 atom stereocenters. The Labute approximate surface area is 141 Å². The number of hydrogen-bond donors (Lipinski definition) is 1. The number of amides is 2. The molecule has 2 aromatic rings. The number of likely N-dealkylation sites (tertiary alicyclic amines) is 1. The fourth-order valence-corrected chi connectivity index (χ4v) is 2.79. The molecule has 24 heavy (non-hydrogen) atoms. The summed E-state index contributed by atoms with van der Waals surface area (Å²) in [5.74, 6) is 0.916. The third kappa shape index (κ3) is 3.75. The van der Waals surface area contributed by atoms with Crippen LogP contribution in [0.5, 0.6) is 0 Å². The first-order valence-electron chi connectivity index (χ1n) is 8.39. The number of hydrogen-bond acceptors (Lipinski definition) is 2. The summed E-state index contributed by atoms with van der Waals surface area (Å²) in [6.07, 6.45) is 3.82. The van der Waals surface area contributed by atoms with Crippen molar-refractivity contribution in [3.63, 3.8) is 0 Å². The monoisotopic (exact) mass is 330 g/mol. The number of aromatic nitrogens is 2. The van der Waals surface area contributed by atoms with Gasteiger partial charge < -0.3 is 4.90 Å². The molecule has 0 aliphatic carbocycles. The van der Waals surface area contributed by atoms with E-state index in [2.05, 4.69) is 24.3 Å². The summed E-state index contributed by atoms with van der Waals surface area (Å²) >= 11 is 0. The van der Waals surface area contributed by atoms with E-state index in [0.29, 0.717) is 18.3 Å². The Morgan fingerprint density at radius 3 is 2.71 bits per heavy atom. The van der Waals surface area contributed by atoms with Crippen molar-refractivity contribution in [3.8, 4) is 0 Å². The second kappa shape index (κ2) is 7.03. The van der Waals surface area contributed by atoms with Gasteiger partial charge in [0, 0.05) is 25.4 Å². The highest BCUT2D eigenvalue weighted by molar-refractivity contribution is 5.89. The normalized spacial score (nSPS) is 17.0. The first kappa shape index (κ1) is 16.5. The number of carbonyl (C=O) groups excluding carboxylic acids is 1. The van der Waals surface area contributed by atoms with E-state index in [1.54, 1.807) is 17.0 Å². The Bertz CT molecular complexity index is 695. The van der Waals surface area contributed by atoms with Crippen LogP contribution in [0.2, 0.25) is 0 Å². The first-order chi connectivity index (χ1) is 11.5. The molecule has 5 nitrogen and oxygen atoms in total. The molecule has 2 amide bonds. The zero-order chi connectivity index (χ0) is 17.1. The van der Waals surface area contributed by atoms with Crippen molar-refractivity contribution in [1.82, 2.24) is 14.7 Å². The molecule has 0 saturated carbocycles. The van der Waals surface area contributed by atoms with Crippen LogP contribution in [0.4, 0.5) is 15.0 Å². The van der Waals surface area contributed by atoms with Crippen LogP contribution in [0, 0.1) is 11.7 Å². The summed E-state index contributed by atoms with van der Waals surface area (Å²) in [5.41, 5.74) is 0.959. The van der Waals surface area contributed by atoms with Crippen molar-refractivity contribution in [2.75, 3.05) is 11.9 Å². The smallest absolute Gasteiger partial charge is 0.317 e. The van der Waals surface area contributed by atoms with Crippen molar-refractivity contribution in [3.05, 3.63) is 47.9 Å². The van der Waals surface area contributed by atoms with Crippen LogP contribution in [-0.4, -0.2) is 27.3 Å². The van der Waals surface area contributed by atoms with E-state index in [-0.39, 0.29) is 17.9 Å². The number of aryl methyl sites for hydroxylation is 1. The van der Waals surface area contributed by atoms with E-state index in [4.69, 9.17) is 0 Å². The summed E-state index contributed by atoms with van der Waals surface area (Å²) < 4.78 is 14.9. The second-order valence-electron chi connectivity index (χ2n) is 6.63. The lowest BCUT2D eigenvalue weighted by Crippen LogP contribution is -2.47. The van der Waals surface area contributed by atoms with Gasteiger partial charge in [0.2, 0.25) is 0 Å². The molecule has 0 spiro atoms. The minimum Gasteiger partial charge on any atom is -0.317 e. The third-order valence-corrected chi connectivity index (χ3v) is 4.35. The summed E-state index contributed by atoms with van der Waals surface area (Å²) in [4.78, 5) is 14.2. The number of carbonyl (C=O) groups is 1. The molecule has 1 saturated heterocycles. The Morgan fingerprint density at radius 2 is 2.08 bits per heavy atom. The lowest BCUT2D eigenvalue weighted by Gasteiger charge is -2.41. The highest BCUT2D eigenvalue weighted by Gasteiger charge is 2.33. The molecule has 0 bridgehead atoms. The van der Waals surface area contributed by atoms with E-state index in [9.17, 15) is 9.18 Å². The lowest BCUT2D eigenvalue weighted by atomic mass is 9.95. The summed E-state index contributed by atoms with van der Waals surface area (Å²) in [6, 6.07) is 7.99. The third-order valence-electron chi connectivity index (χ3n) is 4.35. The molecule has 2 heterocycles. The molecule has 1 aliphatic rings. The zero-order valence-corrected chi connectivity index (χ0v) is 14.1. The molecule has 1 N–H and O–H groups in total. The first-order valence-corrected chi connectivity index (χ1v) is 8.39. The van der Waals surface area contributed by atoms with Gasteiger partial charge in [0.25, 0.3) is 0 Å². The van der Waals surface area contributed by atoms with Gasteiger partial charge in [-0.15, -0.1) is 0 Å². The van der Waals surface area contributed by atoms with Gasteiger partial charge in [-0.05, 0) is 36.5 Å². The average Bonchev–Trinajstić information content (AvgIpc) is 2.93. The molecule has 1 aromatic carbocycles. The van der Waals surface area contributed by atoms with E-state index < -0.39 is 0 Å². The number of nitrogens with zero attached hydrogens (tertiary/aromatic N) is 3. The van der Waals surface area contributed by atoms with Crippen LogP contribution in [0.15, 0.2) is 36.5 Å².